The van der Waals surface area contributed by atoms with Crippen molar-refractivity contribution in [2.24, 2.45) is 0 Å². The van der Waals surface area contributed by atoms with Gasteiger partial charge in [0.05, 0.1) is 11.4 Å². The maximum atomic E-state index is 12.3. The molecule has 0 aliphatic rings. The van der Waals surface area contributed by atoms with E-state index in [1.165, 1.54) is 11.1 Å². The van der Waals surface area contributed by atoms with E-state index in [4.69, 9.17) is 0 Å². The maximum absolute atomic E-state index is 12.3. The molecule has 0 saturated carbocycles. The number of carbonyl (C=O) groups excluding carboxylic acids is 1. The minimum absolute atomic E-state index is 0.000738. The Morgan fingerprint density at radius 3 is 2.58 bits per heavy atom. The largest absolute Gasteiger partial charge is 0.352 e. The number of nitrogens with zero attached hydrogens (tertiary/aromatic N) is 2. The second-order valence-corrected chi connectivity index (χ2v) is 6.70. The number of aryl methyl sites for hydroxylation is 4. The molecule has 1 heterocycles. The van der Waals surface area contributed by atoms with Gasteiger partial charge in [0.1, 0.15) is 0 Å². The number of benzene rings is 2. The Morgan fingerprint density at radius 2 is 1.85 bits per heavy atom. The first-order valence-electron chi connectivity index (χ1n) is 9.00. The van der Waals surface area contributed by atoms with Crippen molar-refractivity contribution >= 4 is 5.91 Å². The number of hydrogen-bond acceptors (Lipinski definition) is 2. The van der Waals surface area contributed by atoms with Crippen molar-refractivity contribution in [1.29, 1.82) is 0 Å². The predicted molar refractivity (Wildman–Crippen MR) is 105 cm³/mol. The van der Waals surface area contributed by atoms with Crippen molar-refractivity contribution in [2.45, 2.75) is 33.6 Å². The van der Waals surface area contributed by atoms with Gasteiger partial charge in [-0.15, -0.1) is 0 Å². The lowest BCUT2D eigenvalue weighted by molar-refractivity contribution is 0.0952. The van der Waals surface area contributed by atoms with Crippen molar-refractivity contribution in [2.75, 3.05) is 6.54 Å². The van der Waals surface area contributed by atoms with Crippen molar-refractivity contribution in [3.8, 4) is 5.69 Å². The summed E-state index contributed by atoms with van der Waals surface area (Å²) in [7, 11) is 0. The van der Waals surface area contributed by atoms with Gasteiger partial charge in [0.25, 0.3) is 5.91 Å². The summed E-state index contributed by atoms with van der Waals surface area (Å²) in [6.07, 6.45) is 3.86. The third-order valence-corrected chi connectivity index (χ3v) is 4.56. The van der Waals surface area contributed by atoms with Crippen LogP contribution in [0.2, 0.25) is 0 Å². The standard InChI is InChI=1S/C22H25N3O/c1-16-11-12-21(17(2)14-16)22(26)23-13-7-8-19-15-25(24-18(19)3)20-9-5-4-6-10-20/h4-6,9-12,14-15H,7-8,13H2,1-3H3,(H,23,26). The van der Waals surface area contributed by atoms with Gasteiger partial charge in [-0.25, -0.2) is 4.68 Å². The van der Waals surface area contributed by atoms with Gasteiger partial charge >= 0.3 is 0 Å². The lowest BCUT2D eigenvalue weighted by Gasteiger charge is -2.08. The van der Waals surface area contributed by atoms with E-state index in [2.05, 4.69) is 16.6 Å². The summed E-state index contributed by atoms with van der Waals surface area (Å²) in [5.74, 6) is -0.000738. The molecule has 0 bridgehead atoms. The molecule has 1 aromatic heterocycles. The Bertz CT molecular complexity index is 897. The zero-order valence-corrected chi connectivity index (χ0v) is 15.6. The summed E-state index contributed by atoms with van der Waals surface area (Å²) >= 11 is 0. The van der Waals surface area contributed by atoms with Crippen LogP contribution in [0.5, 0.6) is 0 Å². The third kappa shape index (κ3) is 4.20. The highest BCUT2D eigenvalue weighted by molar-refractivity contribution is 5.95. The van der Waals surface area contributed by atoms with E-state index < -0.39 is 0 Å². The smallest absolute Gasteiger partial charge is 0.251 e. The second-order valence-electron chi connectivity index (χ2n) is 6.70. The molecule has 0 aliphatic carbocycles. The van der Waals surface area contributed by atoms with Crippen molar-refractivity contribution < 1.29 is 4.79 Å². The van der Waals surface area contributed by atoms with Crippen LogP contribution in [0.1, 0.15) is 39.2 Å². The molecule has 3 rings (SSSR count). The molecule has 0 fully saturated rings. The van der Waals surface area contributed by atoms with E-state index >= 15 is 0 Å². The molecule has 26 heavy (non-hydrogen) atoms. The van der Waals surface area contributed by atoms with E-state index in [1.807, 2.05) is 74.0 Å². The van der Waals surface area contributed by atoms with Crippen LogP contribution in [-0.2, 0) is 6.42 Å². The quantitative estimate of drug-likeness (QED) is 0.681. The molecule has 0 aliphatic heterocycles. The first-order chi connectivity index (χ1) is 12.5. The summed E-state index contributed by atoms with van der Waals surface area (Å²) in [5, 5.41) is 7.61. The normalized spacial score (nSPS) is 10.7. The van der Waals surface area contributed by atoms with E-state index in [1.54, 1.807) is 0 Å². The number of nitrogens with one attached hydrogen (secondary N) is 1. The van der Waals surface area contributed by atoms with Crippen molar-refractivity contribution in [3.63, 3.8) is 0 Å². The number of aromatic nitrogens is 2. The molecule has 3 aromatic rings. The lowest BCUT2D eigenvalue weighted by atomic mass is 10.1. The highest BCUT2D eigenvalue weighted by Crippen LogP contribution is 2.14. The molecule has 4 heteroatoms. The van der Waals surface area contributed by atoms with Gasteiger partial charge < -0.3 is 5.32 Å². The molecule has 1 amide bonds. The van der Waals surface area contributed by atoms with Crippen molar-refractivity contribution in [3.05, 3.63) is 82.7 Å². The van der Waals surface area contributed by atoms with Crippen LogP contribution >= 0.6 is 0 Å². The minimum atomic E-state index is -0.000738. The Labute approximate surface area is 154 Å². The van der Waals surface area contributed by atoms with Gasteiger partial charge in [-0.1, -0.05) is 35.9 Å². The first kappa shape index (κ1) is 17.9. The van der Waals surface area contributed by atoms with Crippen LogP contribution in [0.4, 0.5) is 0 Å². The summed E-state index contributed by atoms with van der Waals surface area (Å²) in [5.41, 5.74) is 6.25. The van der Waals surface area contributed by atoms with Gasteiger partial charge in [0.15, 0.2) is 0 Å². The number of rotatable bonds is 6. The molecule has 0 unspecified atom stereocenters. The Morgan fingerprint density at radius 1 is 1.08 bits per heavy atom. The van der Waals surface area contributed by atoms with E-state index in [0.29, 0.717) is 6.54 Å². The molecule has 4 nitrogen and oxygen atoms in total. The minimum Gasteiger partial charge on any atom is -0.352 e. The topological polar surface area (TPSA) is 46.9 Å². The summed E-state index contributed by atoms with van der Waals surface area (Å²) in [6.45, 7) is 6.70. The van der Waals surface area contributed by atoms with Crippen LogP contribution in [0.3, 0.4) is 0 Å². The summed E-state index contributed by atoms with van der Waals surface area (Å²) in [6, 6.07) is 16.0. The molecule has 2 aromatic carbocycles. The zero-order chi connectivity index (χ0) is 18.5. The van der Waals surface area contributed by atoms with Crippen molar-refractivity contribution in [1.82, 2.24) is 15.1 Å². The summed E-state index contributed by atoms with van der Waals surface area (Å²) in [4.78, 5) is 12.3. The molecule has 134 valence electrons. The van der Waals surface area contributed by atoms with Gasteiger partial charge in [0, 0.05) is 18.3 Å². The molecule has 0 spiro atoms. The molecule has 0 radical (unpaired) electrons. The van der Waals surface area contributed by atoms with Crippen LogP contribution in [0, 0.1) is 20.8 Å². The first-order valence-corrected chi connectivity index (χ1v) is 9.00. The van der Waals surface area contributed by atoms with Gasteiger partial charge in [-0.2, -0.15) is 5.10 Å². The van der Waals surface area contributed by atoms with Crippen LogP contribution in [0.15, 0.2) is 54.7 Å². The molecular weight excluding hydrogens is 322 g/mol. The monoisotopic (exact) mass is 347 g/mol. The van der Waals surface area contributed by atoms with Gasteiger partial charge in [0.2, 0.25) is 0 Å². The van der Waals surface area contributed by atoms with E-state index in [-0.39, 0.29) is 5.91 Å². The van der Waals surface area contributed by atoms with Gasteiger partial charge in [-0.3, -0.25) is 4.79 Å². The number of amides is 1. The molecule has 0 saturated heterocycles. The zero-order valence-electron chi connectivity index (χ0n) is 15.6. The lowest BCUT2D eigenvalue weighted by Crippen LogP contribution is -2.25. The maximum Gasteiger partial charge on any atom is 0.251 e. The number of carbonyl (C=O) groups is 1. The highest BCUT2D eigenvalue weighted by atomic mass is 16.1. The fraction of sp³-hybridized carbons (Fsp3) is 0.273. The molecular formula is C22H25N3O. The van der Waals surface area contributed by atoms with E-state index in [0.717, 1.165) is 35.3 Å². The molecule has 1 N–H and O–H groups in total. The van der Waals surface area contributed by atoms with Crippen LogP contribution in [-0.4, -0.2) is 22.2 Å². The Balaban J connectivity index is 1.54. The Hall–Kier alpha value is -2.88. The van der Waals surface area contributed by atoms with Gasteiger partial charge in [-0.05, 0) is 62.9 Å². The second kappa shape index (κ2) is 8.00. The predicted octanol–water partition coefficient (Wildman–Crippen LogP) is 4.16. The average molecular weight is 347 g/mol. The molecule has 0 atom stereocenters. The average Bonchev–Trinajstić information content (AvgIpc) is 3.00. The highest BCUT2D eigenvalue weighted by Gasteiger charge is 2.09. The fourth-order valence-corrected chi connectivity index (χ4v) is 3.10. The Kier molecular flexibility index (Phi) is 5.52. The van der Waals surface area contributed by atoms with Crippen LogP contribution in [0.25, 0.3) is 5.69 Å². The third-order valence-electron chi connectivity index (χ3n) is 4.56. The fourth-order valence-electron chi connectivity index (χ4n) is 3.10. The van der Waals surface area contributed by atoms with E-state index in [9.17, 15) is 4.79 Å². The SMILES string of the molecule is Cc1ccc(C(=O)NCCCc2cn(-c3ccccc3)nc2C)c(C)c1. The number of hydrogen-bond donors (Lipinski definition) is 1. The van der Waals surface area contributed by atoms with Crippen LogP contribution < -0.4 is 5.32 Å². The number of para-hydroxylation sites is 1. The summed E-state index contributed by atoms with van der Waals surface area (Å²) < 4.78 is 1.92.